The van der Waals surface area contributed by atoms with Crippen LogP contribution in [0.15, 0.2) is 0 Å². The second kappa shape index (κ2) is 7.17. The molecule has 52 valence electrons. The maximum absolute atomic E-state index is 8.13. The molecule has 0 spiro atoms. The van der Waals surface area contributed by atoms with Crippen LogP contribution >= 0.6 is 12.4 Å². The van der Waals surface area contributed by atoms with Crippen molar-refractivity contribution in [3.63, 3.8) is 0 Å². The zero-order valence-corrected chi connectivity index (χ0v) is 5.65. The molecule has 0 radical (unpaired) electrons. The lowest BCUT2D eigenvalue weighted by Gasteiger charge is -2.02. The molecular weight excluding hydrogens is 130 g/mol. The van der Waals surface area contributed by atoms with Gasteiger partial charge in [0.05, 0.1) is 13.2 Å². The third kappa shape index (κ3) is 9.48. The van der Waals surface area contributed by atoms with E-state index in [9.17, 15) is 0 Å². The lowest BCUT2D eigenvalue weighted by molar-refractivity contribution is 0.0429. The van der Waals surface area contributed by atoms with Gasteiger partial charge in [-0.2, -0.15) is 0 Å². The van der Waals surface area contributed by atoms with Crippen LogP contribution in [0.1, 0.15) is 6.92 Å². The van der Waals surface area contributed by atoms with E-state index in [1.807, 2.05) is 0 Å². The molecule has 1 atom stereocenters. The normalized spacial score (nSPS) is 12.4. The van der Waals surface area contributed by atoms with Gasteiger partial charge >= 0.3 is 0 Å². The lowest BCUT2D eigenvalue weighted by atomic mass is 10.7. The van der Waals surface area contributed by atoms with Gasteiger partial charge < -0.3 is 15.6 Å². The first kappa shape index (κ1) is 11.0. The second-order valence-corrected chi connectivity index (χ2v) is 1.30. The number of aliphatic hydroxyl groups is 1. The number of rotatable bonds is 3. The molecule has 0 rings (SSSR count). The molecule has 0 saturated heterocycles. The van der Waals surface area contributed by atoms with E-state index in [1.54, 1.807) is 6.92 Å². The minimum atomic E-state index is -0.257. The van der Waals surface area contributed by atoms with E-state index in [4.69, 9.17) is 15.6 Å². The molecule has 0 aromatic carbocycles. The fourth-order valence-electron chi connectivity index (χ4n) is 0.239. The van der Waals surface area contributed by atoms with Crippen molar-refractivity contribution in [2.45, 2.75) is 13.2 Å². The molecule has 0 fully saturated rings. The molecule has 8 heavy (non-hydrogen) atoms. The fourth-order valence-corrected chi connectivity index (χ4v) is 0.239. The van der Waals surface area contributed by atoms with Gasteiger partial charge in [0.1, 0.15) is 6.23 Å². The lowest BCUT2D eigenvalue weighted by Crippen LogP contribution is -2.20. The van der Waals surface area contributed by atoms with Gasteiger partial charge in [-0.1, -0.05) is 0 Å². The van der Waals surface area contributed by atoms with Crippen LogP contribution in [0.25, 0.3) is 0 Å². The van der Waals surface area contributed by atoms with E-state index < -0.39 is 0 Å². The zero-order chi connectivity index (χ0) is 5.70. The molecule has 0 aliphatic carbocycles. The van der Waals surface area contributed by atoms with Crippen LogP contribution in [0.5, 0.6) is 0 Å². The number of halogens is 1. The topological polar surface area (TPSA) is 55.5 Å². The Balaban J connectivity index is 0. The third-order valence-corrected chi connectivity index (χ3v) is 0.472. The van der Waals surface area contributed by atoms with Crippen molar-refractivity contribution < 1.29 is 9.84 Å². The maximum atomic E-state index is 8.13. The molecule has 0 heterocycles. The van der Waals surface area contributed by atoms with Gasteiger partial charge in [-0.3, -0.25) is 0 Å². The Morgan fingerprint density at radius 3 is 2.38 bits per heavy atom. The van der Waals surface area contributed by atoms with Crippen LogP contribution in [-0.2, 0) is 4.74 Å². The smallest absolute Gasteiger partial charge is 0.102 e. The van der Waals surface area contributed by atoms with Crippen LogP contribution in [-0.4, -0.2) is 24.5 Å². The van der Waals surface area contributed by atoms with Crippen molar-refractivity contribution in [3.05, 3.63) is 0 Å². The van der Waals surface area contributed by atoms with Gasteiger partial charge in [0.2, 0.25) is 0 Å². The molecule has 0 amide bonds. The minimum absolute atomic E-state index is 0. The van der Waals surface area contributed by atoms with Crippen molar-refractivity contribution in [3.8, 4) is 0 Å². The summed E-state index contributed by atoms with van der Waals surface area (Å²) in [4.78, 5) is 0. The Morgan fingerprint density at radius 1 is 1.75 bits per heavy atom. The number of nitrogens with two attached hydrogens (primary N) is 1. The SMILES string of the molecule is CC(N)OCCO.Cl. The van der Waals surface area contributed by atoms with Crippen molar-refractivity contribution in [2.24, 2.45) is 5.73 Å². The van der Waals surface area contributed by atoms with Crippen LogP contribution in [0.2, 0.25) is 0 Å². The maximum Gasteiger partial charge on any atom is 0.102 e. The highest BCUT2D eigenvalue weighted by molar-refractivity contribution is 5.85. The van der Waals surface area contributed by atoms with E-state index in [-0.39, 0.29) is 25.2 Å². The average Bonchev–Trinajstić information content (AvgIpc) is 1.61. The summed E-state index contributed by atoms with van der Waals surface area (Å²) in [6.07, 6.45) is -0.257. The summed E-state index contributed by atoms with van der Waals surface area (Å²) < 4.78 is 4.72. The molecule has 1 unspecified atom stereocenters. The monoisotopic (exact) mass is 141 g/mol. The van der Waals surface area contributed by atoms with Gasteiger partial charge in [0.25, 0.3) is 0 Å². The van der Waals surface area contributed by atoms with E-state index in [2.05, 4.69) is 0 Å². The van der Waals surface area contributed by atoms with Gasteiger partial charge in [0.15, 0.2) is 0 Å². The first-order valence-electron chi connectivity index (χ1n) is 2.25. The third-order valence-electron chi connectivity index (χ3n) is 0.472. The standard InChI is InChI=1S/C4H11NO2.ClH/c1-4(5)7-3-2-6;/h4,6H,2-3,5H2,1H3;1H. The number of ether oxygens (including phenoxy) is 1. The predicted molar refractivity (Wildman–Crippen MR) is 33.9 cm³/mol. The van der Waals surface area contributed by atoms with E-state index in [1.165, 1.54) is 0 Å². The summed E-state index contributed by atoms with van der Waals surface area (Å²) in [5.41, 5.74) is 5.15. The Hall–Kier alpha value is 0.170. The summed E-state index contributed by atoms with van der Waals surface area (Å²) in [5.74, 6) is 0. The fraction of sp³-hybridized carbons (Fsp3) is 1.00. The van der Waals surface area contributed by atoms with Gasteiger partial charge in [-0.05, 0) is 6.92 Å². The first-order valence-corrected chi connectivity index (χ1v) is 2.25. The van der Waals surface area contributed by atoms with Crippen molar-refractivity contribution in [1.82, 2.24) is 0 Å². The molecule has 3 nitrogen and oxygen atoms in total. The van der Waals surface area contributed by atoms with E-state index in [0.717, 1.165) is 0 Å². The van der Waals surface area contributed by atoms with Crippen LogP contribution in [0.3, 0.4) is 0 Å². The number of hydrogen-bond donors (Lipinski definition) is 2. The summed E-state index contributed by atoms with van der Waals surface area (Å²) in [6.45, 7) is 2.09. The second-order valence-electron chi connectivity index (χ2n) is 1.30. The number of hydrogen-bond acceptors (Lipinski definition) is 3. The predicted octanol–water partition coefficient (Wildman–Crippen LogP) is -0.278. The largest absolute Gasteiger partial charge is 0.394 e. The van der Waals surface area contributed by atoms with Gasteiger partial charge in [0, 0.05) is 0 Å². The van der Waals surface area contributed by atoms with Crippen LogP contribution < -0.4 is 5.73 Å². The van der Waals surface area contributed by atoms with E-state index in [0.29, 0.717) is 6.61 Å². The van der Waals surface area contributed by atoms with Gasteiger partial charge in [-0.25, -0.2) is 0 Å². The molecule has 0 aromatic heterocycles. The average molecular weight is 142 g/mol. The number of aliphatic hydroxyl groups excluding tert-OH is 1. The quantitative estimate of drug-likeness (QED) is 0.532. The Morgan fingerprint density at radius 2 is 2.25 bits per heavy atom. The molecule has 4 heteroatoms. The Kier molecular flexibility index (Phi) is 9.89. The van der Waals surface area contributed by atoms with E-state index >= 15 is 0 Å². The Labute approximate surface area is 55.2 Å². The highest BCUT2D eigenvalue weighted by atomic mass is 35.5. The summed E-state index contributed by atoms with van der Waals surface area (Å²) >= 11 is 0. The highest BCUT2D eigenvalue weighted by Crippen LogP contribution is 1.75. The summed E-state index contributed by atoms with van der Waals surface area (Å²) in [5, 5.41) is 8.13. The van der Waals surface area contributed by atoms with Crippen LogP contribution in [0.4, 0.5) is 0 Å². The van der Waals surface area contributed by atoms with Gasteiger partial charge in [-0.15, -0.1) is 12.4 Å². The van der Waals surface area contributed by atoms with Crippen molar-refractivity contribution in [2.75, 3.05) is 13.2 Å². The molecule has 0 aliphatic rings. The minimum Gasteiger partial charge on any atom is -0.394 e. The van der Waals surface area contributed by atoms with Crippen molar-refractivity contribution in [1.29, 1.82) is 0 Å². The van der Waals surface area contributed by atoms with Crippen molar-refractivity contribution >= 4 is 12.4 Å². The van der Waals surface area contributed by atoms with Crippen LogP contribution in [0, 0.1) is 0 Å². The molecule has 3 N–H and O–H groups in total. The first-order chi connectivity index (χ1) is 3.27. The zero-order valence-electron chi connectivity index (χ0n) is 4.83. The molecule has 0 saturated carbocycles. The Bertz CT molecular complexity index is 43.0. The molecule has 0 aromatic rings. The molecular formula is C4H12ClNO2. The molecule has 0 aliphatic heterocycles. The highest BCUT2D eigenvalue weighted by Gasteiger charge is 1.87. The molecule has 0 bridgehead atoms. The summed E-state index contributed by atoms with van der Waals surface area (Å²) in [6, 6.07) is 0. The summed E-state index contributed by atoms with van der Waals surface area (Å²) in [7, 11) is 0.